The molecule has 0 saturated carbocycles. The molecule has 35 heavy (non-hydrogen) atoms. The zero-order valence-corrected chi connectivity index (χ0v) is 20.7. The van der Waals surface area contributed by atoms with Crippen LogP contribution in [-0.2, 0) is 6.42 Å². The molecule has 1 atom stereocenters. The second-order valence-corrected chi connectivity index (χ2v) is 10.5. The van der Waals surface area contributed by atoms with Crippen LogP contribution in [0.3, 0.4) is 0 Å². The lowest BCUT2D eigenvalue weighted by Crippen LogP contribution is -2.22. The van der Waals surface area contributed by atoms with Gasteiger partial charge < -0.3 is 14.7 Å². The fourth-order valence-electron chi connectivity index (χ4n) is 4.63. The molecule has 3 aromatic carbocycles. The molecule has 1 aliphatic heterocycles. The second-order valence-electron chi connectivity index (χ2n) is 9.42. The SMILES string of the molecule is Cc1ccc(F)cc1C(=O)c1sc2cc(O)ccc2c1Oc1ccc(CCN2CC[C@H](C)C2)cc1. The van der Waals surface area contributed by atoms with Crippen molar-refractivity contribution in [3.63, 3.8) is 0 Å². The van der Waals surface area contributed by atoms with Crippen molar-refractivity contribution >= 4 is 27.2 Å². The fraction of sp³-hybridized carbons (Fsp3) is 0.276. The number of hydrogen-bond donors (Lipinski definition) is 1. The number of rotatable bonds is 7. The van der Waals surface area contributed by atoms with Crippen LogP contribution >= 0.6 is 11.3 Å². The number of halogens is 1. The van der Waals surface area contributed by atoms with Crippen LogP contribution < -0.4 is 4.74 Å². The zero-order valence-electron chi connectivity index (χ0n) is 19.9. The summed E-state index contributed by atoms with van der Waals surface area (Å²) in [5.74, 6) is 1.19. The van der Waals surface area contributed by atoms with Gasteiger partial charge >= 0.3 is 0 Å². The van der Waals surface area contributed by atoms with E-state index >= 15 is 0 Å². The second kappa shape index (κ2) is 9.80. The van der Waals surface area contributed by atoms with E-state index in [1.54, 1.807) is 31.2 Å². The van der Waals surface area contributed by atoms with Crippen LogP contribution in [0.5, 0.6) is 17.2 Å². The molecule has 0 spiro atoms. The Bertz CT molecular complexity index is 1380. The lowest BCUT2D eigenvalue weighted by Gasteiger charge is -2.15. The number of phenols is 1. The molecule has 1 saturated heterocycles. The van der Waals surface area contributed by atoms with Crippen LogP contribution in [0.4, 0.5) is 4.39 Å². The van der Waals surface area contributed by atoms with E-state index in [-0.39, 0.29) is 11.5 Å². The first kappa shape index (κ1) is 23.5. The van der Waals surface area contributed by atoms with E-state index in [2.05, 4.69) is 24.0 Å². The van der Waals surface area contributed by atoms with Crippen LogP contribution in [0.2, 0.25) is 0 Å². The molecular weight excluding hydrogens is 461 g/mol. The highest BCUT2D eigenvalue weighted by atomic mass is 32.1. The van der Waals surface area contributed by atoms with E-state index < -0.39 is 5.82 Å². The summed E-state index contributed by atoms with van der Waals surface area (Å²) in [6.45, 7) is 7.48. The van der Waals surface area contributed by atoms with Gasteiger partial charge in [0.05, 0.1) is 0 Å². The molecule has 4 aromatic rings. The Morgan fingerprint density at radius 3 is 2.69 bits per heavy atom. The molecule has 5 rings (SSSR count). The number of likely N-dealkylation sites (tertiary alicyclic amines) is 1. The molecule has 1 fully saturated rings. The molecule has 1 aliphatic rings. The van der Waals surface area contributed by atoms with Crippen molar-refractivity contribution in [1.29, 1.82) is 0 Å². The maximum atomic E-state index is 13.9. The number of carbonyl (C=O) groups excluding carboxylic acids is 1. The third-order valence-electron chi connectivity index (χ3n) is 6.65. The minimum absolute atomic E-state index is 0.114. The van der Waals surface area contributed by atoms with Gasteiger partial charge in [-0.3, -0.25) is 4.79 Å². The highest BCUT2D eigenvalue weighted by molar-refractivity contribution is 7.21. The normalized spacial score (nSPS) is 16.1. The average molecular weight is 490 g/mol. The Morgan fingerprint density at radius 2 is 1.94 bits per heavy atom. The number of hydrogen-bond acceptors (Lipinski definition) is 5. The zero-order chi connectivity index (χ0) is 24.5. The largest absolute Gasteiger partial charge is 0.508 e. The lowest BCUT2D eigenvalue weighted by atomic mass is 10.0. The first-order chi connectivity index (χ1) is 16.9. The van der Waals surface area contributed by atoms with E-state index in [4.69, 9.17) is 4.74 Å². The van der Waals surface area contributed by atoms with Crippen LogP contribution in [-0.4, -0.2) is 35.4 Å². The summed E-state index contributed by atoms with van der Waals surface area (Å²) in [7, 11) is 0. The number of aryl methyl sites for hydroxylation is 1. The van der Waals surface area contributed by atoms with E-state index in [9.17, 15) is 14.3 Å². The predicted octanol–water partition coefficient (Wildman–Crippen LogP) is 6.96. The molecule has 180 valence electrons. The molecule has 0 amide bonds. The highest BCUT2D eigenvalue weighted by Crippen LogP contribution is 2.43. The number of ether oxygens (including phenoxy) is 1. The summed E-state index contributed by atoms with van der Waals surface area (Å²) < 4.78 is 20.9. The number of phenolic OH excluding ortho intramolecular Hbond substituents is 1. The molecule has 0 radical (unpaired) electrons. The number of thiophene rings is 1. The van der Waals surface area contributed by atoms with Crippen molar-refractivity contribution in [3.8, 4) is 17.2 Å². The van der Waals surface area contributed by atoms with Gasteiger partial charge in [0.1, 0.15) is 22.2 Å². The first-order valence-corrected chi connectivity index (χ1v) is 12.7. The van der Waals surface area contributed by atoms with Gasteiger partial charge in [-0.15, -0.1) is 11.3 Å². The van der Waals surface area contributed by atoms with Crippen LogP contribution in [0, 0.1) is 18.7 Å². The molecule has 0 unspecified atom stereocenters. The highest BCUT2D eigenvalue weighted by Gasteiger charge is 2.24. The maximum absolute atomic E-state index is 13.9. The molecule has 0 aliphatic carbocycles. The van der Waals surface area contributed by atoms with Crippen LogP contribution in [0.25, 0.3) is 10.1 Å². The molecule has 2 heterocycles. The minimum Gasteiger partial charge on any atom is -0.508 e. The summed E-state index contributed by atoms with van der Waals surface area (Å²) >= 11 is 1.24. The van der Waals surface area contributed by atoms with Crippen molar-refractivity contribution in [2.24, 2.45) is 5.92 Å². The van der Waals surface area contributed by atoms with Gasteiger partial charge in [-0.1, -0.05) is 25.1 Å². The lowest BCUT2D eigenvalue weighted by molar-refractivity contribution is 0.103. The van der Waals surface area contributed by atoms with E-state index in [0.717, 1.165) is 29.0 Å². The number of aromatic hydroxyl groups is 1. The van der Waals surface area contributed by atoms with E-state index in [1.165, 1.54) is 48.5 Å². The molecule has 1 N–H and O–H groups in total. The number of benzene rings is 3. The Hall–Kier alpha value is -3.22. The molecule has 6 heteroatoms. The van der Waals surface area contributed by atoms with Gasteiger partial charge in [-0.2, -0.15) is 0 Å². The van der Waals surface area contributed by atoms with Crippen molar-refractivity contribution in [3.05, 3.63) is 88.0 Å². The average Bonchev–Trinajstić information content (AvgIpc) is 3.42. The van der Waals surface area contributed by atoms with Gasteiger partial charge in [-0.05, 0) is 85.8 Å². The Kier molecular flexibility index (Phi) is 6.58. The quantitative estimate of drug-likeness (QED) is 0.285. The van der Waals surface area contributed by atoms with Gasteiger partial charge in [0.15, 0.2) is 5.75 Å². The number of fused-ring (bicyclic) bond motifs is 1. The summed E-state index contributed by atoms with van der Waals surface area (Å²) in [5, 5.41) is 10.7. The maximum Gasteiger partial charge on any atom is 0.207 e. The third kappa shape index (κ3) is 5.09. The third-order valence-corrected chi connectivity index (χ3v) is 7.78. The molecular formula is C29H28FNO3S. The number of nitrogens with zero attached hydrogens (tertiary/aromatic N) is 1. The number of carbonyl (C=O) groups is 1. The smallest absolute Gasteiger partial charge is 0.207 e. The van der Waals surface area contributed by atoms with Gasteiger partial charge in [0, 0.05) is 28.7 Å². The van der Waals surface area contributed by atoms with Crippen molar-refractivity contribution in [2.75, 3.05) is 19.6 Å². The van der Waals surface area contributed by atoms with Gasteiger partial charge in [0.2, 0.25) is 5.78 Å². The molecule has 1 aromatic heterocycles. The van der Waals surface area contributed by atoms with E-state index in [0.29, 0.717) is 27.5 Å². The predicted molar refractivity (Wildman–Crippen MR) is 139 cm³/mol. The van der Waals surface area contributed by atoms with Gasteiger partial charge in [-0.25, -0.2) is 4.39 Å². The fourth-order valence-corrected chi connectivity index (χ4v) is 5.75. The van der Waals surface area contributed by atoms with Crippen LogP contribution in [0.1, 0.15) is 39.7 Å². The topological polar surface area (TPSA) is 49.8 Å². The number of ketones is 1. The standard InChI is InChI=1S/C29H28FNO3S/c1-18-11-13-31(17-18)14-12-20-4-8-23(9-5-20)34-28-24-10-7-22(32)16-26(24)35-29(28)27(33)25-15-21(30)6-3-19(25)2/h3-10,15-16,18,32H,11-14,17H2,1-2H3/t18-/m0/s1. The first-order valence-electron chi connectivity index (χ1n) is 11.9. The van der Waals surface area contributed by atoms with Crippen molar-refractivity contribution < 1.29 is 19.0 Å². The molecule has 0 bridgehead atoms. The Morgan fingerprint density at radius 1 is 1.14 bits per heavy atom. The Labute approximate surface area is 208 Å². The van der Waals surface area contributed by atoms with Gasteiger partial charge in [0.25, 0.3) is 0 Å². The van der Waals surface area contributed by atoms with Crippen molar-refractivity contribution in [2.45, 2.75) is 26.7 Å². The summed E-state index contributed by atoms with van der Waals surface area (Å²) in [5.41, 5.74) is 2.24. The van der Waals surface area contributed by atoms with Crippen molar-refractivity contribution in [1.82, 2.24) is 4.90 Å². The summed E-state index contributed by atoms with van der Waals surface area (Å²) in [4.78, 5) is 16.4. The van der Waals surface area contributed by atoms with Crippen LogP contribution in [0.15, 0.2) is 60.7 Å². The monoisotopic (exact) mass is 489 g/mol. The minimum atomic E-state index is -0.459. The molecule has 4 nitrogen and oxygen atoms in total. The summed E-state index contributed by atoms with van der Waals surface area (Å²) in [6.07, 6.45) is 2.26. The summed E-state index contributed by atoms with van der Waals surface area (Å²) in [6, 6.07) is 17.1. The Balaban J connectivity index is 1.42. The van der Waals surface area contributed by atoms with E-state index in [1.807, 2.05) is 12.1 Å².